The van der Waals surface area contributed by atoms with E-state index in [0.29, 0.717) is 19.8 Å². The SMILES string of the molecule is COc1ccc(OC2COCCO2)cc1. The Balaban J connectivity index is 1.91. The summed E-state index contributed by atoms with van der Waals surface area (Å²) in [6.45, 7) is 1.70. The van der Waals surface area contributed by atoms with E-state index < -0.39 is 0 Å². The highest BCUT2D eigenvalue weighted by Crippen LogP contribution is 2.19. The van der Waals surface area contributed by atoms with Gasteiger partial charge in [0.1, 0.15) is 18.1 Å². The molecule has 1 saturated heterocycles. The fourth-order valence-electron chi connectivity index (χ4n) is 1.34. The highest BCUT2D eigenvalue weighted by Gasteiger charge is 2.15. The van der Waals surface area contributed by atoms with Gasteiger partial charge in [-0.1, -0.05) is 0 Å². The maximum atomic E-state index is 5.55. The molecule has 15 heavy (non-hydrogen) atoms. The molecule has 1 heterocycles. The van der Waals surface area contributed by atoms with Crippen LogP contribution in [0.4, 0.5) is 0 Å². The first-order valence-electron chi connectivity index (χ1n) is 4.88. The summed E-state index contributed by atoms with van der Waals surface area (Å²) in [5.74, 6) is 1.56. The first kappa shape index (κ1) is 10.3. The van der Waals surface area contributed by atoms with Crippen LogP contribution in [0.25, 0.3) is 0 Å². The van der Waals surface area contributed by atoms with Crippen LogP contribution >= 0.6 is 0 Å². The van der Waals surface area contributed by atoms with E-state index in [4.69, 9.17) is 18.9 Å². The molecule has 0 bridgehead atoms. The van der Waals surface area contributed by atoms with Gasteiger partial charge in [0.25, 0.3) is 0 Å². The van der Waals surface area contributed by atoms with Gasteiger partial charge in [0, 0.05) is 0 Å². The second-order valence-electron chi connectivity index (χ2n) is 3.17. The van der Waals surface area contributed by atoms with Crippen molar-refractivity contribution in [2.24, 2.45) is 0 Å². The predicted octanol–water partition coefficient (Wildman–Crippen LogP) is 1.45. The summed E-state index contributed by atoms with van der Waals surface area (Å²) in [6.07, 6.45) is -0.299. The molecule has 4 nitrogen and oxygen atoms in total. The fraction of sp³-hybridized carbons (Fsp3) is 0.455. The average molecular weight is 210 g/mol. The molecule has 0 amide bonds. The summed E-state index contributed by atoms with van der Waals surface area (Å²) in [5.41, 5.74) is 0. The van der Waals surface area contributed by atoms with E-state index in [1.807, 2.05) is 24.3 Å². The quantitative estimate of drug-likeness (QED) is 0.756. The first-order valence-corrected chi connectivity index (χ1v) is 4.88. The monoisotopic (exact) mass is 210 g/mol. The molecule has 1 aromatic carbocycles. The zero-order valence-corrected chi connectivity index (χ0v) is 8.64. The first-order chi connectivity index (χ1) is 7.38. The van der Waals surface area contributed by atoms with Crippen LogP contribution in [0.2, 0.25) is 0 Å². The van der Waals surface area contributed by atoms with E-state index in [9.17, 15) is 0 Å². The molecule has 2 rings (SSSR count). The summed E-state index contributed by atoms with van der Waals surface area (Å²) in [5, 5.41) is 0. The number of ether oxygens (including phenoxy) is 4. The van der Waals surface area contributed by atoms with Crippen LogP contribution < -0.4 is 9.47 Å². The smallest absolute Gasteiger partial charge is 0.223 e. The maximum absolute atomic E-state index is 5.55. The molecule has 0 spiro atoms. The van der Waals surface area contributed by atoms with E-state index in [0.717, 1.165) is 11.5 Å². The standard InChI is InChI=1S/C11H14O4/c1-12-9-2-4-10(5-3-9)15-11-8-13-6-7-14-11/h2-5,11H,6-8H2,1H3. The molecule has 0 radical (unpaired) electrons. The van der Waals surface area contributed by atoms with Gasteiger partial charge in [-0.2, -0.15) is 0 Å². The molecule has 1 fully saturated rings. The Kier molecular flexibility index (Phi) is 3.42. The summed E-state index contributed by atoms with van der Waals surface area (Å²) in [6, 6.07) is 7.38. The molecule has 0 aromatic heterocycles. The number of methoxy groups -OCH3 is 1. The number of hydrogen-bond donors (Lipinski definition) is 0. The van der Waals surface area contributed by atoms with Crippen molar-refractivity contribution in [2.45, 2.75) is 6.29 Å². The van der Waals surface area contributed by atoms with Crippen LogP contribution in [-0.2, 0) is 9.47 Å². The Morgan fingerprint density at radius 2 is 1.87 bits per heavy atom. The van der Waals surface area contributed by atoms with Crippen LogP contribution in [0.3, 0.4) is 0 Å². The predicted molar refractivity (Wildman–Crippen MR) is 54.2 cm³/mol. The Hall–Kier alpha value is -1.26. The molecule has 0 saturated carbocycles. The molecular weight excluding hydrogens is 196 g/mol. The normalized spacial score (nSPS) is 21.0. The van der Waals surface area contributed by atoms with Crippen molar-refractivity contribution in [3.05, 3.63) is 24.3 Å². The van der Waals surface area contributed by atoms with Crippen LogP contribution in [-0.4, -0.2) is 33.2 Å². The molecule has 0 N–H and O–H groups in total. The van der Waals surface area contributed by atoms with Gasteiger partial charge in [0.15, 0.2) is 0 Å². The van der Waals surface area contributed by atoms with Crippen molar-refractivity contribution < 1.29 is 18.9 Å². The third-order valence-electron chi connectivity index (χ3n) is 2.11. The van der Waals surface area contributed by atoms with Gasteiger partial charge in [0.05, 0.1) is 20.3 Å². The van der Waals surface area contributed by atoms with Gasteiger partial charge in [-0.25, -0.2) is 0 Å². The Morgan fingerprint density at radius 3 is 2.47 bits per heavy atom. The van der Waals surface area contributed by atoms with Gasteiger partial charge < -0.3 is 18.9 Å². The van der Waals surface area contributed by atoms with E-state index in [-0.39, 0.29) is 6.29 Å². The lowest BCUT2D eigenvalue weighted by Gasteiger charge is -2.23. The minimum Gasteiger partial charge on any atom is -0.497 e. The van der Waals surface area contributed by atoms with Crippen molar-refractivity contribution in [1.29, 1.82) is 0 Å². The molecule has 1 aromatic rings. The zero-order chi connectivity index (χ0) is 10.5. The third-order valence-corrected chi connectivity index (χ3v) is 2.11. The average Bonchev–Trinajstić information content (AvgIpc) is 2.31. The van der Waals surface area contributed by atoms with Crippen LogP contribution in [0.5, 0.6) is 11.5 Å². The van der Waals surface area contributed by atoms with Crippen molar-refractivity contribution >= 4 is 0 Å². The Labute approximate surface area is 88.7 Å². The topological polar surface area (TPSA) is 36.9 Å². The van der Waals surface area contributed by atoms with Crippen molar-refractivity contribution in [3.8, 4) is 11.5 Å². The fourth-order valence-corrected chi connectivity index (χ4v) is 1.34. The minimum absolute atomic E-state index is 0.299. The number of hydrogen-bond acceptors (Lipinski definition) is 4. The van der Waals surface area contributed by atoms with Crippen molar-refractivity contribution in [1.82, 2.24) is 0 Å². The van der Waals surface area contributed by atoms with Gasteiger partial charge in [0.2, 0.25) is 6.29 Å². The largest absolute Gasteiger partial charge is 0.497 e. The lowest BCUT2D eigenvalue weighted by Crippen LogP contribution is -2.33. The lowest BCUT2D eigenvalue weighted by molar-refractivity contribution is -0.170. The summed E-state index contributed by atoms with van der Waals surface area (Å²) in [7, 11) is 1.63. The summed E-state index contributed by atoms with van der Waals surface area (Å²) >= 11 is 0. The molecule has 1 unspecified atom stereocenters. The van der Waals surface area contributed by atoms with E-state index in [1.54, 1.807) is 7.11 Å². The van der Waals surface area contributed by atoms with E-state index in [1.165, 1.54) is 0 Å². The minimum atomic E-state index is -0.299. The van der Waals surface area contributed by atoms with Gasteiger partial charge in [-0.05, 0) is 24.3 Å². The van der Waals surface area contributed by atoms with Crippen LogP contribution in [0, 0.1) is 0 Å². The van der Waals surface area contributed by atoms with Gasteiger partial charge in [-0.15, -0.1) is 0 Å². The molecule has 4 heteroatoms. The highest BCUT2D eigenvalue weighted by molar-refractivity contribution is 5.31. The molecule has 82 valence electrons. The lowest BCUT2D eigenvalue weighted by atomic mass is 10.3. The van der Waals surface area contributed by atoms with Crippen molar-refractivity contribution in [2.75, 3.05) is 26.9 Å². The molecule has 0 aliphatic carbocycles. The van der Waals surface area contributed by atoms with E-state index >= 15 is 0 Å². The molecular formula is C11H14O4. The summed E-state index contributed by atoms with van der Waals surface area (Å²) < 4.78 is 21.2. The number of benzene rings is 1. The van der Waals surface area contributed by atoms with Gasteiger partial charge in [-0.3, -0.25) is 0 Å². The zero-order valence-electron chi connectivity index (χ0n) is 8.64. The third kappa shape index (κ3) is 2.84. The van der Waals surface area contributed by atoms with Crippen LogP contribution in [0.1, 0.15) is 0 Å². The Bertz CT molecular complexity index is 290. The van der Waals surface area contributed by atoms with E-state index in [2.05, 4.69) is 0 Å². The summed E-state index contributed by atoms with van der Waals surface area (Å²) in [4.78, 5) is 0. The van der Waals surface area contributed by atoms with Crippen LogP contribution in [0.15, 0.2) is 24.3 Å². The highest BCUT2D eigenvalue weighted by atomic mass is 16.7. The van der Waals surface area contributed by atoms with Crippen molar-refractivity contribution in [3.63, 3.8) is 0 Å². The van der Waals surface area contributed by atoms with Gasteiger partial charge >= 0.3 is 0 Å². The molecule has 1 aliphatic heterocycles. The molecule has 1 aliphatic rings. The Morgan fingerprint density at radius 1 is 1.13 bits per heavy atom. The maximum Gasteiger partial charge on any atom is 0.223 e. The molecule has 1 atom stereocenters. The number of rotatable bonds is 3. The second-order valence-corrected chi connectivity index (χ2v) is 3.17. The second kappa shape index (κ2) is 5.00.